The number of nitrogens with zero attached hydrogens (tertiary/aromatic N) is 7. The molecule has 1 N–H and O–H groups in total. The number of benzene rings is 2. The molecule has 3 aliphatic rings. The lowest BCUT2D eigenvalue weighted by molar-refractivity contribution is -0.137. The Morgan fingerprint density at radius 1 is 1.10 bits per heavy atom. The summed E-state index contributed by atoms with van der Waals surface area (Å²) < 4.78 is 49.1. The predicted octanol–water partition coefficient (Wildman–Crippen LogP) is 6.84. The second-order valence-electron chi connectivity index (χ2n) is 13.2. The lowest BCUT2D eigenvalue weighted by Gasteiger charge is -2.49. The third kappa shape index (κ3) is 5.69. The number of fused-ring (bicyclic) bond motifs is 1. The molecule has 0 atom stereocenters. The van der Waals surface area contributed by atoms with Gasteiger partial charge in [0.2, 0.25) is 0 Å². The smallest absolute Gasteiger partial charge is 0.407 e. The molecule has 11 nitrogen and oxygen atoms in total. The maximum atomic E-state index is 14.0. The molecule has 15 heteroatoms. The molecule has 0 radical (unpaired) electrons. The van der Waals surface area contributed by atoms with Crippen LogP contribution < -0.4 is 20.1 Å². The van der Waals surface area contributed by atoms with Gasteiger partial charge in [-0.2, -0.15) is 13.2 Å². The number of amides is 1. The van der Waals surface area contributed by atoms with Crippen LogP contribution in [0.4, 0.5) is 30.2 Å². The molecule has 2 aromatic heterocycles. The third-order valence-electron chi connectivity index (χ3n) is 10.2. The van der Waals surface area contributed by atoms with Crippen molar-refractivity contribution in [3.63, 3.8) is 0 Å². The number of carbonyl (C=O) groups is 1. The molecular formula is C36H37F3N8O3S. The number of aromatic nitrogens is 4. The molecule has 1 spiro atoms. The maximum Gasteiger partial charge on any atom is 0.407 e. The highest BCUT2D eigenvalue weighted by atomic mass is 32.1. The van der Waals surface area contributed by atoms with Gasteiger partial charge in [0.1, 0.15) is 17.1 Å². The quantitative estimate of drug-likeness (QED) is 0.156. The highest BCUT2D eigenvalue weighted by Gasteiger charge is 2.60. The Kier molecular flexibility index (Phi) is 8.77. The number of piperidine rings is 1. The number of nitrogens with one attached hydrogen (secondary N) is 1. The SMILES string of the molecule is [C-]#[N+]c1ccc(N2C(=O)C3(CCC3)N(C3CCN(c4ccc(OCC)c(-c5nn6c(CCC)nc(C)c6c(=O)[nH]5)c4)CC3)C2=S)cc1C(F)(F)F. The fourth-order valence-electron chi connectivity index (χ4n) is 7.68. The van der Waals surface area contributed by atoms with E-state index in [9.17, 15) is 22.8 Å². The van der Waals surface area contributed by atoms with E-state index in [0.717, 1.165) is 36.5 Å². The average molecular weight is 719 g/mol. The van der Waals surface area contributed by atoms with E-state index in [1.807, 2.05) is 36.9 Å². The van der Waals surface area contributed by atoms with Gasteiger partial charge in [-0.1, -0.05) is 13.0 Å². The molecule has 0 unspecified atom stereocenters. The Hall–Kier alpha value is -4.97. The molecule has 1 aliphatic carbocycles. The van der Waals surface area contributed by atoms with Crippen LogP contribution in [0.5, 0.6) is 5.75 Å². The number of hydrogen-bond acceptors (Lipinski definition) is 7. The normalized spacial score (nSPS) is 17.8. The second kappa shape index (κ2) is 13.0. The number of H-pyrrole nitrogens is 1. The van der Waals surface area contributed by atoms with Gasteiger partial charge in [-0.05, 0) is 94.9 Å². The van der Waals surface area contributed by atoms with Crippen molar-refractivity contribution < 1.29 is 22.7 Å². The van der Waals surface area contributed by atoms with Crippen molar-refractivity contribution in [2.75, 3.05) is 29.5 Å². The zero-order valence-corrected chi connectivity index (χ0v) is 29.3. The van der Waals surface area contributed by atoms with Gasteiger partial charge in [-0.3, -0.25) is 14.5 Å². The van der Waals surface area contributed by atoms with Crippen LogP contribution in [-0.4, -0.2) is 66.8 Å². The summed E-state index contributed by atoms with van der Waals surface area (Å²) in [5, 5.41) is 5.01. The van der Waals surface area contributed by atoms with Gasteiger partial charge < -0.3 is 19.5 Å². The van der Waals surface area contributed by atoms with Gasteiger partial charge in [-0.25, -0.2) is 14.3 Å². The zero-order valence-electron chi connectivity index (χ0n) is 28.5. The number of alkyl halides is 3. The molecule has 266 valence electrons. The fraction of sp³-hybridized carbons (Fsp3) is 0.444. The zero-order chi connectivity index (χ0) is 36.2. The molecule has 4 aromatic rings. The Morgan fingerprint density at radius 2 is 1.82 bits per heavy atom. The van der Waals surface area contributed by atoms with Crippen LogP contribution in [0.15, 0.2) is 41.2 Å². The summed E-state index contributed by atoms with van der Waals surface area (Å²) in [5.41, 5.74) is -0.169. The van der Waals surface area contributed by atoms with Gasteiger partial charge in [0, 0.05) is 36.9 Å². The van der Waals surface area contributed by atoms with Crippen LogP contribution in [0, 0.1) is 13.5 Å². The summed E-state index contributed by atoms with van der Waals surface area (Å²) >= 11 is 5.87. The molecule has 1 saturated carbocycles. The number of aryl methyl sites for hydroxylation is 2. The van der Waals surface area contributed by atoms with Crippen LogP contribution in [0.1, 0.15) is 69.5 Å². The first-order valence-electron chi connectivity index (χ1n) is 17.2. The van der Waals surface area contributed by atoms with E-state index in [1.54, 1.807) is 11.4 Å². The van der Waals surface area contributed by atoms with Crippen molar-refractivity contribution >= 4 is 45.8 Å². The van der Waals surface area contributed by atoms with Crippen molar-refractivity contribution in [3.05, 3.63) is 75.3 Å². The highest BCUT2D eigenvalue weighted by Crippen LogP contribution is 2.49. The topological polar surface area (TPSA) is 103 Å². The van der Waals surface area contributed by atoms with E-state index in [-0.39, 0.29) is 28.3 Å². The summed E-state index contributed by atoms with van der Waals surface area (Å²) in [6.45, 7) is 14.6. The van der Waals surface area contributed by atoms with Gasteiger partial charge in [0.25, 0.3) is 11.5 Å². The number of rotatable bonds is 8. The Balaban J connectivity index is 1.16. The number of thiocarbonyl (C=S) groups is 1. The van der Waals surface area contributed by atoms with E-state index >= 15 is 0 Å². The first-order valence-corrected chi connectivity index (χ1v) is 17.6. The Bertz CT molecular complexity index is 2140. The summed E-state index contributed by atoms with van der Waals surface area (Å²) in [4.78, 5) is 43.2. The minimum Gasteiger partial charge on any atom is -0.493 e. The lowest BCUT2D eigenvalue weighted by atomic mass is 9.74. The minimum absolute atomic E-state index is 0.0235. The monoisotopic (exact) mass is 718 g/mol. The molecule has 4 heterocycles. The first-order chi connectivity index (χ1) is 24.4. The number of hydrogen-bond donors (Lipinski definition) is 1. The molecule has 2 saturated heterocycles. The summed E-state index contributed by atoms with van der Waals surface area (Å²) in [7, 11) is 0. The van der Waals surface area contributed by atoms with E-state index < -0.39 is 23.0 Å². The summed E-state index contributed by atoms with van der Waals surface area (Å²) in [5.74, 6) is 1.36. The number of ether oxygens (including phenoxy) is 1. The number of carbonyl (C=O) groups excluding carboxylic acids is 1. The molecule has 0 bridgehead atoms. The van der Waals surface area contributed by atoms with Crippen LogP contribution >= 0.6 is 12.2 Å². The van der Waals surface area contributed by atoms with Gasteiger partial charge in [0.05, 0.1) is 30.0 Å². The van der Waals surface area contributed by atoms with E-state index in [4.69, 9.17) is 28.6 Å². The summed E-state index contributed by atoms with van der Waals surface area (Å²) in [6.07, 6.45) is 0.0484. The fourth-order valence-corrected chi connectivity index (χ4v) is 8.19. The number of imidazole rings is 1. The van der Waals surface area contributed by atoms with Gasteiger partial charge in [0.15, 0.2) is 22.1 Å². The van der Waals surface area contributed by atoms with Crippen molar-refractivity contribution in [3.8, 4) is 17.1 Å². The van der Waals surface area contributed by atoms with Crippen molar-refractivity contribution in [1.29, 1.82) is 0 Å². The number of aromatic amines is 1. The number of anilines is 2. The Morgan fingerprint density at radius 3 is 2.45 bits per heavy atom. The second-order valence-corrected chi connectivity index (χ2v) is 13.6. The molecule has 2 aliphatic heterocycles. The summed E-state index contributed by atoms with van der Waals surface area (Å²) in [6, 6.07) is 9.04. The lowest BCUT2D eigenvalue weighted by Crippen LogP contribution is -2.60. The molecule has 51 heavy (non-hydrogen) atoms. The van der Waals surface area contributed by atoms with Gasteiger partial charge >= 0.3 is 6.18 Å². The van der Waals surface area contributed by atoms with Crippen molar-refractivity contribution in [1.82, 2.24) is 24.5 Å². The Labute approximate surface area is 297 Å². The molecule has 3 fully saturated rings. The largest absolute Gasteiger partial charge is 0.493 e. The standard InChI is InChI=1S/C36H37F3N8O3S/c1-5-8-29-41-21(3)30-32(48)42-31(43-47(29)30)25-19-23(10-12-28(25)50-6-2)44-17-13-22(14-18-44)46-34(51)45(33(49)35(46)15-7-16-35)24-9-11-27(40-4)26(20-24)36(37,38)39/h9-12,19-20,22H,5-8,13-18H2,1-3H3,(H,42,43,48). The van der Waals surface area contributed by atoms with E-state index in [1.165, 1.54) is 11.0 Å². The number of halogens is 3. The van der Waals surface area contributed by atoms with E-state index in [0.29, 0.717) is 80.1 Å². The molecule has 2 aromatic carbocycles. The van der Waals surface area contributed by atoms with Crippen molar-refractivity contribution in [2.45, 2.75) is 83.5 Å². The van der Waals surface area contributed by atoms with Crippen LogP contribution in [0.3, 0.4) is 0 Å². The molecule has 1 amide bonds. The predicted molar refractivity (Wildman–Crippen MR) is 190 cm³/mol. The van der Waals surface area contributed by atoms with E-state index in [2.05, 4.69) is 19.7 Å². The van der Waals surface area contributed by atoms with Crippen LogP contribution in [-0.2, 0) is 17.4 Å². The van der Waals surface area contributed by atoms with Gasteiger partial charge in [-0.15, -0.1) is 5.10 Å². The molecule has 7 rings (SSSR count). The first kappa shape index (κ1) is 34.5. The molecular weight excluding hydrogens is 682 g/mol. The van der Waals surface area contributed by atoms with Crippen LogP contribution in [0.2, 0.25) is 0 Å². The van der Waals surface area contributed by atoms with Crippen molar-refractivity contribution in [2.24, 2.45) is 0 Å². The average Bonchev–Trinajstić information content (AvgIpc) is 3.53. The van der Waals surface area contributed by atoms with Crippen LogP contribution in [0.25, 0.3) is 21.7 Å². The minimum atomic E-state index is -4.75. The highest BCUT2D eigenvalue weighted by molar-refractivity contribution is 7.80. The third-order valence-corrected chi connectivity index (χ3v) is 10.6. The maximum absolute atomic E-state index is 14.0.